The predicted octanol–water partition coefficient (Wildman–Crippen LogP) is 3.56. The molecule has 0 unspecified atom stereocenters. The van der Waals surface area contributed by atoms with Gasteiger partial charge in [-0.1, -0.05) is 42.5 Å². The Bertz CT molecular complexity index is 716. The maximum absolute atomic E-state index is 6.42. The maximum atomic E-state index is 6.42. The Balaban J connectivity index is 1.88. The summed E-state index contributed by atoms with van der Waals surface area (Å²) in [5.74, 6) is 0.977. The van der Waals surface area contributed by atoms with E-state index >= 15 is 0 Å². The van der Waals surface area contributed by atoms with Crippen LogP contribution in [0.3, 0.4) is 0 Å². The summed E-state index contributed by atoms with van der Waals surface area (Å²) in [6, 6.07) is 18.9. The highest BCUT2D eigenvalue weighted by atomic mass is 32.1. The zero-order valence-electron chi connectivity index (χ0n) is 13.1. The molecule has 1 atom stereocenters. The van der Waals surface area contributed by atoms with Crippen LogP contribution in [-0.4, -0.2) is 20.6 Å². The zero-order chi connectivity index (χ0) is 15.4. The van der Waals surface area contributed by atoms with E-state index in [1.54, 1.807) is 11.3 Å². The lowest BCUT2D eigenvalue weighted by Gasteiger charge is -2.20. The highest BCUT2D eigenvalue weighted by Crippen LogP contribution is 2.32. The Hall–Kier alpha value is -1.84. The molecule has 3 rings (SSSR count). The molecule has 0 saturated carbocycles. The quantitative estimate of drug-likeness (QED) is 0.735. The number of hydrogen-bond donors (Lipinski definition) is 1. The average Bonchev–Trinajstić information content (AvgIpc) is 3.05. The Labute approximate surface area is 136 Å². The molecule has 3 aromatic rings. The van der Waals surface area contributed by atoms with Crippen molar-refractivity contribution < 1.29 is 9.64 Å². The number of rotatable bonds is 6. The van der Waals surface area contributed by atoms with Gasteiger partial charge in [0.15, 0.2) is 0 Å². The summed E-state index contributed by atoms with van der Waals surface area (Å²) in [6.45, 7) is 1.09. The van der Waals surface area contributed by atoms with Gasteiger partial charge in [-0.3, -0.25) is 0 Å². The second-order valence-electron chi connectivity index (χ2n) is 5.84. The van der Waals surface area contributed by atoms with E-state index in [9.17, 15) is 0 Å². The lowest BCUT2D eigenvalue weighted by molar-refractivity contribution is -0.858. The SMILES string of the molecule is C[NH+](C)CC[C@H](Oc1cccc2ccccc12)c1cccs1. The monoisotopic (exact) mass is 312 g/mol. The molecule has 0 saturated heterocycles. The molecule has 2 nitrogen and oxygen atoms in total. The lowest BCUT2D eigenvalue weighted by Crippen LogP contribution is -3.05. The van der Waals surface area contributed by atoms with Gasteiger partial charge in [0.25, 0.3) is 0 Å². The van der Waals surface area contributed by atoms with Crippen molar-refractivity contribution in [2.45, 2.75) is 12.5 Å². The number of quaternary nitrogens is 1. The van der Waals surface area contributed by atoms with E-state index in [0.29, 0.717) is 0 Å². The number of thiophene rings is 1. The molecule has 1 N–H and O–H groups in total. The Kier molecular flexibility index (Phi) is 4.76. The number of ether oxygens (including phenoxy) is 1. The predicted molar refractivity (Wildman–Crippen MR) is 93.9 cm³/mol. The number of nitrogens with one attached hydrogen (secondary N) is 1. The van der Waals surface area contributed by atoms with Gasteiger partial charge in [0.2, 0.25) is 0 Å². The molecule has 0 bridgehead atoms. The molecule has 0 amide bonds. The van der Waals surface area contributed by atoms with Crippen LogP contribution < -0.4 is 9.64 Å². The fourth-order valence-electron chi connectivity index (χ4n) is 2.61. The molecule has 114 valence electrons. The summed E-state index contributed by atoms with van der Waals surface area (Å²) in [7, 11) is 4.37. The first kappa shape index (κ1) is 15.1. The van der Waals surface area contributed by atoms with Crippen molar-refractivity contribution >= 4 is 22.1 Å². The van der Waals surface area contributed by atoms with Crippen LogP contribution in [0.15, 0.2) is 60.0 Å². The molecule has 0 aliphatic rings. The third kappa shape index (κ3) is 3.49. The van der Waals surface area contributed by atoms with Gasteiger partial charge >= 0.3 is 0 Å². The first-order valence-corrected chi connectivity index (χ1v) is 8.59. The minimum absolute atomic E-state index is 0.126. The smallest absolute Gasteiger partial charge is 0.138 e. The van der Waals surface area contributed by atoms with Crippen molar-refractivity contribution in [2.75, 3.05) is 20.6 Å². The first-order valence-electron chi connectivity index (χ1n) is 7.71. The van der Waals surface area contributed by atoms with Gasteiger partial charge in [-0.15, -0.1) is 11.3 Å². The van der Waals surface area contributed by atoms with Crippen molar-refractivity contribution in [3.63, 3.8) is 0 Å². The second-order valence-corrected chi connectivity index (χ2v) is 6.82. The van der Waals surface area contributed by atoms with E-state index in [1.165, 1.54) is 20.5 Å². The van der Waals surface area contributed by atoms with E-state index in [1.807, 2.05) is 0 Å². The van der Waals surface area contributed by atoms with Crippen LogP contribution in [0.5, 0.6) is 5.75 Å². The molecule has 0 aliphatic carbocycles. The fraction of sp³-hybridized carbons (Fsp3) is 0.263. The largest absolute Gasteiger partial charge is 0.484 e. The normalized spacial score (nSPS) is 12.7. The van der Waals surface area contributed by atoms with Crippen LogP contribution in [0, 0.1) is 0 Å². The molecule has 3 heteroatoms. The van der Waals surface area contributed by atoms with Crippen LogP contribution in [-0.2, 0) is 0 Å². The molecule has 0 fully saturated rings. The standard InChI is InChI=1S/C19H21NOS/c1-20(2)13-12-18(19-11-6-14-22-19)21-17-10-5-8-15-7-3-4-9-16(15)17/h3-11,14,18H,12-13H2,1-2H3/p+1/t18-/m0/s1. The lowest BCUT2D eigenvalue weighted by atomic mass is 10.1. The van der Waals surface area contributed by atoms with Gasteiger partial charge in [0.05, 0.1) is 20.6 Å². The van der Waals surface area contributed by atoms with Gasteiger partial charge in [-0.05, 0) is 22.9 Å². The van der Waals surface area contributed by atoms with Crippen LogP contribution >= 0.6 is 11.3 Å². The Morgan fingerprint density at radius 1 is 1.00 bits per heavy atom. The molecule has 2 aromatic carbocycles. The zero-order valence-corrected chi connectivity index (χ0v) is 13.9. The fourth-order valence-corrected chi connectivity index (χ4v) is 3.39. The number of hydrogen-bond acceptors (Lipinski definition) is 2. The third-order valence-electron chi connectivity index (χ3n) is 3.79. The number of benzene rings is 2. The van der Waals surface area contributed by atoms with E-state index in [2.05, 4.69) is 74.1 Å². The minimum Gasteiger partial charge on any atom is -0.484 e. The molecule has 22 heavy (non-hydrogen) atoms. The summed E-state index contributed by atoms with van der Waals surface area (Å²) in [6.07, 6.45) is 1.15. The van der Waals surface area contributed by atoms with E-state index in [-0.39, 0.29) is 6.10 Å². The van der Waals surface area contributed by atoms with Gasteiger partial charge in [-0.25, -0.2) is 0 Å². The van der Waals surface area contributed by atoms with Crippen molar-refractivity contribution in [1.29, 1.82) is 0 Å². The van der Waals surface area contributed by atoms with Crippen LogP contribution in [0.2, 0.25) is 0 Å². The molecule has 1 aromatic heterocycles. The van der Waals surface area contributed by atoms with Gasteiger partial charge < -0.3 is 9.64 Å². The minimum atomic E-state index is 0.126. The van der Waals surface area contributed by atoms with E-state index in [0.717, 1.165) is 18.7 Å². The van der Waals surface area contributed by atoms with Crippen LogP contribution in [0.1, 0.15) is 17.4 Å². The second kappa shape index (κ2) is 6.95. The van der Waals surface area contributed by atoms with E-state index < -0.39 is 0 Å². The molecule has 0 spiro atoms. The summed E-state index contributed by atoms with van der Waals surface area (Å²) < 4.78 is 6.42. The van der Waals surface area contributed by atoms with Gasteiger partial charge in [0.1, 0.15) is 11.9 Å². The van der Waals surface area contributed by atoms with Crippen LogP contribution in [0.25, 0.3) is 10.8 Å². The summed E-state index contributed by atoms with van der Waals surface area (Å²) >= 11 is 1.77. The van der Waals surface area contributed by atoms with Crippen molar-refractivity contribution in [3.8, 4) is 5.75 Å². The van der Waals surface area contributed by atoms with Crippen molar-refractivity contribution in [1.82, 2.24) is 0 Å². The highest BCUT2D eigenvalue weighted by molar-refractivity contribution is 7.10. The Morgan fingerprint density at radius 2 is 1.82 bits per heavy atom. The van der Waals surface area contributed by atoms with Crippen molar-refractivity contribution in [2.24, 2.45) is 0 Å². The third-order valence-corrected chi connectivity index (χ3v) is 4.75. The summed E-state index contributed by atoms with van der Waals surface area (Å²) in [5.41, 5.74) is 0. The molecule has 0 aliphatic heterocycles. The highest BCUT2D eigenvalue weighted by Gasteiger charge is 2.17. The molecule has 0 radical (unpaired) electrons. The average molecular weight is 312 g/mol. The molecular weight excluding hydrogens is 290 g/mol. The van der Waals surface area contributed by atoms with E-state index in [4.69, 9.17) is 4.74 Å². The summed E-state index contributed by atoms with van der Waals surface area (Å²) in [4.78, 5) is 2.75. The Morgan fingerprint density at radius 3 is 2.59 bits per heavy atom. The maximum Gasteiger partial charge on any atom is 0.138 e. The van der Waals surface area contributed by atoms with Crippen molar-refractivity contribution in [3.05, 3.63) is 64.9 Å². The number of fused-ring (bicyclic) bond motifs is 1. The van der Waals surface area contributed by atoms with Crippen LogP contribution in [0.4, 0.5) is 0 Å². The molecule has 1 heterocycles. The molecular formula is C19H22NOS+. The topological polar surface area (TPSA) is 13.7 Å². The summed E-state index contributed by atoms with van der Waals surface area (Å²) in [5, 5.41) is 4.53. The first-order chi connectivity index (χ1) is 10.7. The van der Waals surface area contributed by atoms with Gasteiger partial charge in [0, 0.05) is 16.7 Å². The van der Waals surface area contributed by atoms with Gasteiger partial charge in [-0.2, -0.15) is 0 Å².